The molecule has 1 heterocycles. The Balaban J connectivity index is 2.39. The van der Waals surface area contributed by atoms with Gasteiger partial charge in [-0.05, 0) is 24.6 Å². The number of urea groups is 1. The minimum atomic E-state index is -4.52. The first-order valence-corrected chi connectivity index (χ1v) is 7.88. The number of hydrogen-bond acceptors (Lipinski definition) is 4. The number of rotatable bonds is 5. The van der Waals surface area contributed by atoms with Crippen LogP contribution >= 0.6 is 11.8 Å². The first-order chi connectivity index (χ1) is 11.9. The van der Waals surface area contributed by atoms with E-state index in [0.717, 1.165) is 12.1 Å². The third-order valence-electron chi connectivity index (χ3n) is 3.25. The van der Waals surface area contributed by atoms with Gasteiger partial charge in [0.25, 0.3) is 6.43 Å². The molecule has 0 aromatic heterocycles. The van der Waals surface area contributed by atoms with Crippen LogP contribution in [-0.2, 0) is 9.59 Å². The van der Waals surface area contributed by atoms with Crippen LogP contribution in [-0.4, -0.2) is 47.6 Å². The van der Waals surface area contributed by atoms with E-state index in [-0.39, 0.29) is 20.3 Å². The first kappa shape index (κ1) is 20.1. The average molecular weight is 400 g/mol. The van der Waals surface area contributed by atoms with Crippen molar-refractivity contribution in [2.75, 3.05) is 17.2 Å². The molecule has 1 aliphatic rings. The third-order valence-corrected chi connectivity index (χ3v) is 4.47. The van der Waals surface area contributed by atoms with E-state index < -0.39 is 54.2 Å². The fourth-order valence-electron chi connectivity index (χ4n) is 2.15. The first-order valence-electron chi connectivity index (χ1n) is 6.90. The minimum absolute atomic E-state index is 0.0388. The smallest absolute Gasteiger partial charge is 0.263 e. The molecule has 1 aromatic rings. The summed E-state index contributed by atoms with van der Waals surface area (Å²) in [4.78, 5) is 35.5. The Morgan fingerprint density at radius 2 is 1.73 bits per heavy atom. The van der Waals surface area contributed by atoms with Gasteiger partial charge in [0.05, 0.1) is 18.0 Å². The van der Waals surface area contributed by atoms with Crippen LogP contribution in [0.25, 0.3) is 0 Å². The van der Waals surface area contributed by atoms with E-state index in [2.05, 4.69) is 0 Å². The van der Waals surface area contributed by atoms with Crippen LogP contribution in [0.3, 0.4) is 0 Å². The van der Waals surface area contributed by atoms with Gasteiger partial charge in [-0.1, -0.05) is 0 Å². The minimum Gasteiger partial charge on any atom is -0.263 e. The number of amides is 4. The van der Waals surface area contributed by atoms with Crippen molar-refractivity contribution in [1.29, 1.82) is 0 Å². The Hall–Kier alpha value is -2.24. The Kier molecular flexibility index (Phi) is 5.54. The number of benzene rings is 1. The zero-order valence-electron chi connectivity index (χ0n) is 12.9. The second kappa shape index (κ2) is 7.17. The lowest BCUT2D eigenvalue weighted by atomic mass is 10.2. The lowest BCUT2D eigenvalue weighted by molar-refractivity contribution is -0.140. The van der Waals surface area contributed by atoms with Crippen LogP contribution in [0, 0.1) is 12.7 Å². The van der Waals surface area contributed by atoms with E-state index in [4.69, 9.17) is 0 Å². The molecular weight excluding hydrogens is 390 g/mol. The van der Waals surface area contributed by atoms with Crippen LogP contribution in [0.2, 0.25) is 0 Å². The number of anilines is 1. The number of imide groups is 2. The molecule has 1 aromatic carbocycles. The molecular formula is C14H10F6N2O3S. The molecule has 2 rings (SSSR count). The van der Waals surface area contributed by atoms with E-state index in [1.165, 1.54) is 6.92 Å². The molecule has 1 aliphatic heterocycles. The lowest BCUT2D eigenvalue weighted by Crippen LogP contribution is -2.36. The SMILES string of the molecule is Cc1cc(F)c(N2C(=O)C(=O)N(CC(F)F)C2=O)cc1SCC(F)(F)F. The van der Waals surface area contributed by atoms with Gasteiger partial charge < -0.3 is 0 Å². The quantitative estimate of drug-likeness (QED) is 0.329. The Bertz CT molecular complexity index is 768. The maximum absolute atomic E-state index is 14.2. The number of thioether (sulfide) groups is 1. The highest BCUT2D eigenvalue weighted by molar-refractivity contribution is 7.99. The number of aryl methyl sites for hydroxylation is 1. The number of halogens is 6. The molecule has 1 fully saturated rings. The normalized spacial score (nSPS) is 15.6. The maximum atomic E-state index is 14.2. The van der Waals surface area contributed by atoms with E-state index >= 15 is 0 Å². The van der Waals surface area contributed by atoms with Gasteiger partial charge in [0.2, 0.25) is 0 Å². The van der Waals surface area contributed by atoms with Gasteiger partial charge in [0.1, 0.15) is 5.82 Å². The van der Waals surface area contributed by atoms with Crippen molar-refractivity contribution in [2.24, 2.45) is 0 Å². The largest absolute Gasteiger partial charge is 0.398 e. The van der Waals surface area contributed by atoms with Crippen LogP contribution in [0.4, 0.5) is 36.8 Å². The zero-order chi connectivity index (χ0) is 19.8. The zero-order valence-corrected chi connectivity index (χ0v) is 13.8. The molecule has 0 N–H and O–H groups in total. The van der Waals surface area contributed by atoms with Gasteiger partial charge in [-0.2, -0.15) is 13.2 Å². The van der Waals surface area contributed by atoms with Crippen molar-refractivity contribution in [3.63, 3.8) is 0 Å². The standard InChI is InChI=1S/C14H10F6N2O3S/c1-6-2-7(15)8(3-9(6)26-5-14(18,19)20)22-12(24)11(23)21(13(22)25)4-10(16)17/h2-3,10H,4-5H2,1H3. The highest BCUT2D eigenvalue weighted by Gasteiger charge is 2.47. The van der Waals surface area contributed by atoms with E-state index in [1.54, 1.807) is 0 Å². The predicted octanol–water partition coefficient (Wildman–Crippen LogP) is 3.35. The second-order valence-electron chi connectivity index (χ2n) is 5.20. The van der Waals surface area contributed by atoms with Crippen LogP contribution in [0.1, 0.15) is 5.56 Å². The molecule has 0 aliphatic carbocycles. The summed E-state index contributed by atoms with van der Waals surface area (Å²) >= 11 is 0.291. The van der Waals surface area contributed by atoms with Gasteiger partial charge in [0.15, 0.2) is 0 Å². The topological polar surface area (TPSA) is 57.7 Å². The summed E-state index contributed by atoms with van der Waals surface area (Å²) < 4.78 is 76.1. The summed E-state index contributed by atoms with van der Waals surface area (Å²) in [6.45, 7) is -0.0451. The summed E-state index contributed by atoms with van der Waals surface area (Å²) in [6, 6.07) is 0.0973. The summed E-state index contributed by atoms with van der Waals surface area (Å²) in [5.74, 6) is -5.60. The van der Waals surface area contributed by atoms with Crippen molar-refractivity contribution in [2.45, 2.75) is 24.4 Å². The Labute approximate surface area is 146 Å². The molecule has 4 amide bonds. The summed E-state index contributed by atoms with van der Waals surface area (Å²) in [6.07, 6.45) is -7.63. The fraction of sp³-hybridized carbons (Fsp3) is 0.357. The molecule has 26 heavy (non-hydrogen) atoms. The molecule has 12 heteroatoms. The number of nitrogens with zero attached hydrogens (tertiary/aromatic N) is 2. The summed E-state index contributed by atoms with van der Waals surface area (Å²) in [5, 5.41) is 0. The van der Waals surface area contributed by atoms with E-state index in [1.807, 2.05) is 0 Å². The predicted molar refractivity (Wildman–Crippen MR) is 78.5 cm³/mol. The van der Waals surface area contributed by atoms with Gasteiger partial charge in [0, 0.05) is 4.90 Å². The number of alkyl halides is 5. The number of carbonyl (C=O) groups excluding carboxylic acids is 3. The van der Waals surface area contributed by atoms with Crippen molar-refractivity contribution >= 4 is 35.3 Å². The monoisotopic (exact) mass is 400 g/mol. The van der Waals surface area contributed by atoms with Gasteiger partial charge >= 0.3 is 24.0 Å². The second-order valence-corrected chi connectivity index (χ2v) is 6.22. The van der Waals surface area contributed by atoms with Gasteiger partial charge in [-0.15, -0.1) is 11.8 Å². The Morgan fingerprint density at radius 3 is 2.27 bits per heavy atom. The number of hydrogen-bond donors (Lipinski definition) is 0. The molecule has 142 valence electrons. The summed E-state index contributed by atoms with van der Waals surface area (Å²) in [5.41, 5.74) is -0.671. The fourth-order valence-corrected chi connectivity index (χ4v) is 2.95. The maximum Gasteiger partial charge on any atom is 0.398 e. The van der Waals surface area contributed by atoms with Gasteiger partial charge in [-0.25, -0.2) is 27.8 Å². The third kappa shape index (κ3) is 4.11. The molecule has 0 unspecified atom stereocenters. The van der Waals surface area contributed by atoms with E-state index in [9.17, 15) is 40.7 Å². The molecule has 0 saturated carbocycles. The average Bonchev–Trinajstić information content (AvgIpc) is 2.70. The Morgan fingerprint density at radius 1 is 1.12 bits per heavy atom. The summed E-state index contributed by atoms with van der Waals surface area (Å²) in [7, 11) is 0. The van der Waals surface area contributed by atoms with Crippen LogP contribution < -0.4 is 4.90 Å². The number of carbonyl (C=O) groups is 3. The molecule has 5 nitrogen and oxygen atoms in total. The van der Waals surface area contributed by atoms with Crippen LogP contribution in [0.5, 0.6) is 0 Å². The van der Waals surface area contributed by atoms with Crippen LogP contribution in [0.15, 0.2) is 17.0 Å². The van der Waals surface area contributed by atoms with Crippen molar-refractivity contribution in [3.05, 3.63) is 23.5 Å². The van der Waals surface area contributed by atoms with Crippen molar-refractivity contribution in [1.82, 2.24) is 4.90 Å². The van der Waals surface area contributed by atoms with Crippen molar-refractivity contribution < 1.29 is 40.7 Å². The molecule has 0 radical (unpaired) electrons. The molecule has 0 spiro atoms. The lowest BCUT2D eigenvalue weighted by Gasteiger charge is -2.18. The highest BCUT2D eigenvalue weighted by Crippen LogP contribution is 2.35. The van der Waals surface area contributed by atoms with Crippen molar-refractivity contribution in [3.8, 4) is 0 Å². The molecule has 0 atom stereocenters. The molecule has 0 bridgehead atoms. The highest BCUT2D eigenvalue weighted by atomic mass is 32.2. The molecule has 1 saturated heterocycles. The van der Waals surface area contributed by atoms with Gasteiger partial charge in [-0.3, -0.25) is 9.59 Å². The van der Waals surface area contributed by atoms with E-state index in [0.29, 0.717) is 11.8 Å².